The SMILES string of the molecule is Cc1cc(C)cc(-c2nn(-c3ccc(OCc4ccccc4)cc3)c3c2CCCCN3)c1. The first-order valence-corrected chi connectivity index (χ1v) is 11.4. The van der Waals surface area contributed by atoms with E-state index in [4.69, 9.17) is 9.84 Å². The van der Waals surface area contributed by atoms with Gasteiger partial charge in [0.1, 0.15) is 18.2 Å². The fourth-order valence-electron chi connectivity index (χ4n) is 4.46. The molecule has 4 nitrogen and oxygen atoms in total. The van der Waals surface area contributed by atoms with Crippen LogP contribution in [0.2, 0.25) is 0 Å². The van der Waals surface area contributed by atoms with Crippen LogP contribution in [-0.4, -0.2) is 16.3 Å². The first kappa shape index (κ1) is 20.4. The highest BCUT2D eigenvalue weighted by atomic mass is 16.5. The molecule has 3 aromatic carbocycles. The molecule has 0 atom stereocenters. The Kier molecular flexibility index (Phi) is 5.68. The predicted molar refractivity (Wildman–Crippen MR) is 131 cm³/mol. The van der Waals surface area contributed by atoms with Crippen molar-refractivity contribution >= 4 is 5.82 Å². The van der Waals surface area contributed by atoms with Gasteiger partial charge in [-0.15, -0.1) is 0 Å². The van der Waals surface area contributed by atoms with E-state index in [1.165, 1.54) is 35.1 Å². The number of ether oxygens (including phenoxy) is 1. The molecule has 0 aliphatic carbocycles. The Morgan fingerprint density at radius 2 is 1.66 bits per heavy atom. The molecule has 0 saturated heterocycles. The van der Waals surface area contributed by atoms with Crippen molar-refractivity contribution in [2.24, 2.45) is 0 Å². The van der Waals surface area contributed by atoms with E-state index in [1.54, 1.807) is 0 Å². The lowest BCUT2D eigenvalue weighted by atomic mass is 10.00. The minimum Gasteiger partial charge on any atom is -0.489 e. The summed E-state index contributed by atoms with van der Waals surface area (Å²) in [7, 11) is 0. The van der Waals surface area contributed by atoms with Crippen molar-refractivity contribution in [3.8, 4) is 22.7 Å². The van der Waals surface area contributed by atoms with Gasteiger partial charge in [0, 0.05) is 17.7 Å². The number of aryl methyl sites for hydroxylation is 2. The summed E-state index contributed by atoms with van der Waals surface area (Å²) in [6, 6.07) is 25.2. The van der Waals surface area contributed by atoms with Gasteiger partial charge in [-0.1, -0.05) is 47.5 Å². The van der Waals surface area contributed by atoms with Gasteiger partial charge in [0.15, 0.2) is 0 Å². The van der Waals surface area contributed by atoms with E-state index in [9.17, 15) is 0 Å². The Balaban J connectivity index is 1.47. The zero-order valence-electron chi connectivity index (χ0n) is 18.8. The van der Waals surface area contributed by atoms with Crippen LogP contribution in [0.1, 0.15) is 35.1 Å². The Bertz CT molecular complexity index is 1190. The highest BCUT2D eigenvalue weighted by molar-refractivity contribution is 5.72. The lowest BCUT2D eigenvalue weighted by Crippen LogP contribution is -2.07. The average molecular weight is 424 g/mol. The summed E-state index contributed by atoms with van der Waals surface area (Å²) >= 11 is 0. The van der Waals surface area contributed by atoms with E-state index in [0.717, 1.165) is 41.5 Å². The smallest absolute Gasteiger partial charge is 0.133 e. The molecular formula is C28H29N3O. The Morgan fingerprint density at radius 1 is 0.906 bits per heavy atom. The third-order valence-electron chi connectivity index (χ3n) is 5.95. The highest BCUT2D eigenvalue weighted by Gasteiger charge is 2.22. The number of benzene rings is 3. The maximum absolute atomic E-state index is 5.97. The third kappa shape index (κ3) is 4.26. The normalized spacial score (nSPS) is 13.2. The number of fused-ring (bicyclic) bond motifs is 1. The maximum Gasteiger partial charge on any atom is 0.133 e. The first-order valence-electron chi connectivity index (χ1n) is 11.4. The van der Waals surface area contributed by atoms with Crippen molar-refractivity contribution < 1.29 is 4.74 Å². The van der Waals surface area contributed by atoms with Gasteiger partial charge >= 0.3 is 0 Å². The summed E-state index contributed by atoms with van der Waals surface area (Å²) in [6.07, 6.45) is 3.39. The fourth-order valence-corrected chi connectivity index (χ4v) is 4.46. The van der Waals surface area contributed by atoms with Crippen LogP contribution in [0, 0.1) is 13.8 Å². The zero-order valence-corrected chi connectivity index (χ0v) is 18.8. The number of aromatic nitrogens is 2. The molecule has 32 heavy (non-hydrogen) atoms. The van der Waals surface area contributed by atoms with E-state index in [1.807, 2.05) is 30.3 Å². The van der Waals surface area contributed by atoms with E-state index in [0.29, 0.717) is 6.61 Å². The monoisotopic (exact) mass is 423 g/mol. The molecule has 0 saturated carbocycles. The lowest BCUT2D eigenvalue weighted by Gasteiger charge is -2.11. The van der Waals surface area contributed by atoms with Crippen LogP contribution in [0.4, 0.5) is 5.82 Å². The van der Waals surface area contributed by atoms with Crippen LogP contribution in [0.25, 0.3) is 16.9 Å². The van der Waals surface area contributed by atoms with Gasteiger partial charge < -0.3 is 10.1 Å². The molecule has 0 bridgehead atoms. The average Bonchev–Trinajstić information content (AvgIpc) is 2.99. The van der Waals surface area contributed by atoms with Crippen molar-refractivity contribution in [2.75, 3.05) is 11.9 Å². The molecule has 1 aliphatic heterocycles. The van der Waals surface area contributed by atoms with Crippen LogP contribution < -0.4 is 10.1 Å². The van der Waals surface area contributed by atoms with Crippen LogP contribution in [-0.2, 0) is 13.0 Å². The highest BCUT2D eigenvalue weighted by Crippen LogP contribution is 2.35. The van der Waals surface area contributed by atoms with Crippen LogP contribution >= 0.6 is 0 Å². The van der Waals surface area contributed by atoms with Gasteiger partial charge in [-0.25, -0.2) is 4.68 Å². The standard InChI is InChI=1S/C28H29N3O/c1-20-16-21(2)18-23(17-20)27-26-10-6-7-15-29-28(26)31(30-27)24-11-13-25(14-12-24)32-19-22-8-4-3-5-9-22/h3-5,8-9,11-14,16-18,29H,6-7,10,15,19H2,1-2H3. The molecule has 1 aromatic heterocycles. The van der Waals surface area contributed by atoms with Crippen molar-refractivity contribution in [3.63, 3.8) is 0 Å². The van der Waals surface area contributed by atoms with E-state index < -0.39 is 0 Å². The molecule has 0 spiro atoms. The van der Waals surface area contributed by atoms with Crippen molar-refractivity contribution in [1.29, 1.82) is 0 Å². The molecule has 162 valence electrons. The van der Waals surface area contributed by atoms with Crippen LogP contribution in [0.3, 0.4) is 0 Å². The first-order chi connectivity index (χ1) is 15.7. The summed E-state index contributed by atoms with van der Waals surface area (Å²) in [5.74, 6) is 1.98. The topological polar surface area (TPSA) is 39.1 Å². The van der Waals surface area contributed by atoms with Gasteiger partial charge in [0.25, 0.3) is 0 Å². The second kappa shape index (κ2) is 8.91. The number of nitrogens with one attached hydrogen (secondary N) is 1. The summed E-state index contributed by atoms with van der Waals surface area (Å²) in [5.41, 5.74) is 8.34. The number of anilines is 1. The minimum absolute atomic E-state index is 0.565. The number of hydrogen-bond acceptors (Lipinski definition) is 3. The molecule has 4 aromatic rings. The van der Waals surface area contributed by atoms with Gasteiger partial charge in [-0.05, 0) is 75.1 Å². The molecule has 0 unspecified atom stereocenters. The maximum atomic E-state index is 5.97. The largest absolute Gasteiger partial charge is 0.489 e. The van der Waals surface area contributed by atoms with Crippen molar-refractivity contribution in [1.82, 2.24) is 9.78 Å². The Labute approximate surface area is 189 Å². The van der Waals surface area contributed by atoms with E-state index >= 15 is 0 Å². The summed E-state index contributed by atoms with van der Waals surface area (Å²) in [4.78, 5) is 0. The molecule has 1 N–H and O–H groups in total. The molecular weight excluding hydrogens is 394 g/mol. The van der Waals surface area contributed by atoms with Crippen LogP contribution in [0.5, 0.6) is 5.75 Å². The molecule has 0 radical (unpaired) electrons. The second-order valence-corrected chi connectivity index (χ2v) is 8.62. The Morgan fingerprint density at radius 3 is 2.41 bits per heavy atom. The summed E-state index contributed by atoms with van der Waals surface area (Å²) in [6.45, 7) is 5.84. The predicted octanol–water partition coefficient (Wildman–Crippen LogP) is 6.48. The quantitative estimate of drug-likeness (QED) is 0.399. The number of rotatable bonds is 5. The third-order valence-corrected chi connectivity index (χ3v) is 5.95. The number of hydrogen-bond donors (Lipinski definition) is 1. The summed E-state index contributed by atoms with van der Waals surface area (Å²) < 4.78 is 8.04. The molecule has 0 fully saturated rings. The second-order valence-electron chi connectivity index (χ2n) is 8.62. The van der Waals surface area contributed by atoms with Gasteiger partial charge in [-0.2, -0.15) is 5.10 Å². The summed E-state index contributed by atoms with van der Waals surface area (Å²) in [5, 5.41) is 8.73. The van der Waals surface area contributed by atoms with E-state index in [2.05, 4.69) is 66.3 Å². The lowest BCUT2D eigenvalue weighted by molar-refractivity contribution is 0.306. The zero-order chi connectivity index (χ0) is 21.9. The fraction of sp³-hybridized carbons (Fsp3) is 0.250. The molecule has 2 heterocycles. The van der Waals surface area contributed by atoms with Gasteiger partial charge in [-0.3, -0.25) is 0 Å². The van der Waals surface area contributed by atoms with Crippen LogP contribution in [0.15, 0.2) is 72.8 Å². The molecule has 1 aliphatic rings. The molecule has 5 rings (SSSR count). The Hall–Kier alpha value is -3.53. The van der Waals surface area contributed by atoms with E-state index in [-0.39, 0.29) is 0 Å². The molecule has 4 heteroatoms. The van der Waals surface area contributed by atoms with Gasteiger partial charge in [0.05, 0.1) is 11.4 Å². The van der Waals surface area contributed by atoms with Crippen molar-refractivity contribution in [3.05, 3.63) is 95.1 Å². The van der Waals surface area contributed by atoms with Gasteiger partial charge in [0.2, 0.25) is 0 Å². The molecule has 0 amide bonds. The minimum atomic E-state index is 0.565. The number of nitrogens with zero attached hydrogens (tertiary/aromatic N) is 2. The van der Waals surface area contributed by atoms with Crippen molar-refractivity contribution in [2.45, 2.75) is 39.7 Å².